The quantitative estimate of drug-likeness (QED) is 0.283. The maximum Gasteiger partial charge on any atom is 0.573 e. The normalized spacial score (nSPS) is 12.9. The average molecular weight is 537 g/mol. The summed E-state index contributed by atoms with van der Waals surface area (Å²) in [5, 5.41) is 22.3. The SMILES string of the molecule is CCC(C)C(COc1nnc(-c2ccc(OC(F)(F)F)cc2)o1)Nc1ccc(C(=O)NCCC(=O)O)cc1. The second-order valence-electron chi connectivity index (χ2n) is 8.37. The predicted octanol–water partition coefficient (Wildman–Crippen LogP) is 4.75. The molecule has 0 bridgehead atoms. The number of hydrogen-bond acceptors (Lipinski definition) is 8. The number of carbonyl (C=O) groups excluding carboxylic acids is 1. The van der Waals surface area contributed by atoms with Crippen molar-refractivity contribution < 1.29 is 41.8 Å². The first-order valence-electron chi connectivity index (χ1n) is 11.7. The van der Waals surface area contributed by atoms with Gasteiger partial charge in [-0.3, -0.25) is 9.59 Å². The van der Waals surface area contributed by atoms with Crippen LogP contribution in [0.25, 0.3) is 11.5 Å². The van der Waals surface area contributed by atoms with E-state index in [2.05, 4.69) is 25.6 Å². The van der Waals surface area contributed by atoms with Gasteiger partial charge in [-0.15, -0.1) is 18.3 Å². The Bertz CT molecular complexity index is 1200. The van der Waals surface area contributed by atoms with Gasteiger partial charge in [0.15, 0.2) is 0 Å². The van der Waals surface area contributed by atoms with Crippen molar-refractivity contribution in [1.82, 2.24) is 15.5 Å². The highest BCUT2D eigenvalue weighted by molar-refractivity contribution is 5.94. The first-order chi connectivity index (χ1) is 18.0. The molecule has 2 aromatic carbocycles. The number of ether oxygens (including phenoxy) is 2. The Morgan fingerprint density at radius 3 is 2.37 bits per heavy atom. The second-order valence-corrected chi connectivity index (χ2v) is 8.37. The number of aliphatic carboxylic acids is 1. The van der Waals surface area contributed by atoms with E-state index in [1.807, 2.05) is 13.8 Å². The van der Waals surface area contributed by atoms with Gasteiger partial charge in [0.25, 0.3) is 11.8 Å². The van der Waals surface area contributed by atoms with Crippen molar-refractivity contribution in [2.45, 2.75) is 39.1 Å². The molecule has 0 spiro atoms. The van der Waals surface area contributed by atoms with Crippen LogP contribution < -0.4 is 20.1 Å². The molecule has 0 saturated carbocycles. The number of anilines is 1. The minimum atomic E-state index is -4.78. The Balaban J connectivity index is 1.58. The molecule has 2 unspecified atom stereocenters. The van der Waals surface area contributed by atoms with Crippen LogP contribution in [-0.2, 0) is 4.79 Å². The highest BCUT2D eigenvalue weighted by Crippen LogP contribution is 2.27. The van der Waals surface area contributed by atoms with E-state index in [0.717, 1.165) is 24.2 Å². The zero-order chi connectivity index (χ0) is 27.7. The van der Waals surface area contributed by atoms with Crippen LogP contribution in [0, 0.1) is 5.92 Å². The van der Waals surface area contributed by atoms with E-state index in [1.54, 1.807) is 24.3 Å². The highest BCUT2D eigenvalue weighted by Gasteiger charge is 2.31. The summed E-state index contributed by atoms with van der Waals surface area (Å²) in [5.41, 5.74) is 1.53. The molecule has 1 heterocycles. The Morgan fingerprint density at radius 1 is 1.08 bits per heavy atom. The fraction of sp³-hybridized carbons (Fsp3) is 0.360. The molecular formula is C25H27F3N4O6. The summed E-state index contributed by atoms with van der Waals surface area (Å²) in [6, 6.07) is 11.6. The van der Waals surface area contributed by atoms with Crippen molar-refractivity contribution in [3.8, 4) is 23.3 Å². The summed E-state index contributed by atoms with van der Waals surface area (Å²) in [5.74, 6) is -1.48. The molecule has 0 fully saturated rings. The van der Waals surface area contributed by atoms with Crippen LogP contribution in [0.2, 0.25) is 0 Å². The fourth-order valence-electron chi connectivity index (χ4n) is 3.29. The van der Waals surface area contributed by atoms with Gasteiger partial charge in [-0.25, -0.2) is 0 Å². The van der Waals surface area contributed by atoms with Crippen molar-refractivity contribution in [3.63, 3.8) is 0 Å². The molecule has 0 aliphatic rings. The van der Waals surface area contributed by atoms with Gasteiger partial charge in [0, 0.05) is 23.4 Å². The van der Waals surface area contributed by atoms with E-state index in [1.165, 1.54) is 12.1 Å². The molecule has 2 atom stereocenters. The number of nitrogens with zero attached hydrogens (tertiary/aromatic N) is 2. The molecule has 1 aromatic heterocycles. The van der Waals surface area contributed by atoms with Crippen LogP contribution in [0.4, 0.5) is 18.9 Å². The number of hydrogen-bond donors (Lipinski definition) is 3. The Morgan fingerprint density at radius 2 is 1.76 bits per heavy atom. The molecule has 13 heteroatoms. The number of carboxylic acids is 1. The van der Waals surface area contributed by atoms with Crippen molar-refractivity contribution in [3.05, 3.63) is 54.1 Å². The molecule has 0 saturated heterocycles. The third kappa shape index (κ3) is 8.68. The fourth-order valence-corrected chi connectivity index (χ4v) is 3.29. The van der Waals surface area contributed by atoms with Crippen LogP contribution in [0.5, 0.6) is 11.8 Å². The topological polar surface area (TPSA) is 136 Å². The van der Waals surface area contributed by atoms with Gasteiger partial charge in [-0.2, -0.15) is 0 Å². The van der Waals surface area contributed by atoms with Crippen molar-refractivity contribution in [2.24, 2.45) is 5.92 Å². The maximum atomic E-state index is 12.3. The number of rotatable bonds is 13. The number of amides is 1. The van der Waals surface area contributed by atoms with E-state index in [0.29, 0.717) is 11.1 Å². The largest absolute Gasteiger partial charge is 0.573 e. The molecule has 0 aliphatic heterocycles. The molecule has 0 radical (unpaired) electrons. The molecule has 204 valence electrons. The lowest BCUT2D eigenvalue weighted by molar-refractivity contribution is -0.274. The van der Waals surface area contributed by atoms with Gasteiger partial charge in [-0.05, 0) is 54.4 Å². The lowest BCUT2D eigenvalue weighted by atomic mass is 9.99. The van der Waals surface area contributed by atoms with Crippen LogP contribution in [0.1, 0.15) is 37.0 Å². The van der Waals surface area contributed by atoms with Gasteiger partial charge >= 0.3 is 18.4 Å². The van der Waals surface area contributed by atoms with Gasteiger partial charge in [0.2, 0.25) is 0 Å². The molecule has 3 aromatic rings. The Kier molecular flexibility index (Phi) is 9.52. The number of carbonyl (C=O) groups is 2. The number of halogens is 3. The lowest BCUT2D eigenvalue weighted by Crippen LogP contribution is -2.33. The molecule has 10 nitrogen and oxygen atoms in total. The number of benzene rings is 2. The first kappa shape index (κ1) is 28.3. The first-order valence-corrected chi connectivity index (χ1v) is 11.7. The summed E-state index contributed by atoms with van der Waals surface area (Å²) in [6.07, 6.45) is -4.20. The van der Waals surface area contributed by atoms with E-state index in [4.69, 9.17) is 14.3 Å². The van der Waals surface area contributed by atoms with Crippen molar-refractivity contribution in [2.75, 3.05) is 18.5 Å². The molecule has 3 N–H and O–H groups in total. The van der Waals surface area contributed by atoms with E-state index in [9.17, 15) is 22.8 Å². The van der Waals surface area contributed by atoms with Crippen LogP contribution in [-0.4, -0.2) is 52.7 Å². The van der Waals surface area contributed by atoms with Gasteiger partial charge in [-0.1, -0.05) is 25.4 Å². The third-order valence-electron chi connectivity index (χ3n) is 5.58. The number of alkyl halides is 3. The average Bonchev–Trinajstić information content (AvgIpc) is 3.34. The Labute approximate surface area is 216 Å². The minimum absolute atomic E-state index is 0.0385. The summed E-state index contributed by atoms with van der Waals surface area (Å²) in [6.45, 7) is 4.28. The molecule has 38 heavy (non-hydrogen) atoms. The molecule has 0 aliphatic carbocycles. The smallest absolute Gasteiger partial charge is 0.481 e. The molecule has 1 amide bonds. The van der Waals surface area contributed by atoms with Gasteiger partial charge in [0.1, 0.15) is 12.4 Å². The van der Waals surface area contributed by atoms with Gasteiger partial charge < -0.3 is 29.6 Å². The van der Waals surface area contributed by atoms with Gasteiger partial charge in [0.05, 0.1) is 12.5 Å². The maximum absolute atomic E-state index is 12.3. The molecular weight excluding hydrogens is 509 g/mol. The highest BCUT2D eigenvalue weighted by atomic mass is 19.4. The standard InChI is InChI=1S/C25H27F3N4O6/c1-3-15(2)20(30-18-8-4-16(5-9-18)22(35)29-13-12-21(33)34)14-36-24-32-31-23(37-24)17-6-10-19(11-7-17)38-25(26,27)28/h4-11,15,20,30H,3,12-14H2,1-2H3,(H,29,35)(H,33,34). The summed E-state index contributed by atoms with van der Waals surface area (Å²) in [7, 11) is 0. The number of nitrogens with one attached hydrogen (secondary N) is 2. The predicted molar refractivity (Wildman–Crippen MR) is 130 cm³/mol. The van der Waals surface area contributed by atoms with E-state index in [-0.39, 0.29) is 55.2 Å². The van der Waals surface area contributed by atoms with Crippen LogP contribution in [0.15, 0.2) is 52.9 Å². The monoisotopic (exact) mass is 536 g/mol. The second kappa shape index (κ2) is 12.8. The van der Waals surface area contributed by atoms with Crippen molar-refractivity contribution in [1.29, 1.82) is 0 Å². The van der Waals surface area contributed by atoms with Crippen molar-refractivity contribution >= 4 is 17.6 Å². The van der Waals surface area contributed by atoms with E-state index < -0.39 is 12.3 Å². The Hall–Kier alpha value is -4.29. The summed E-state index contributed by atoms with van der Waals surface area (Å²) >= 11 is 0. The number of carboxylic acid groups (broad SMARTS) is 1. The van der Waals surface area contributed by atoms with E-state index >= 15 is 0 Å². The summed E-state index contributed by atoms with van der Waals surface area (Å²) < 4.78 is 52.0. The summed E-state index contributed by atoms with van der Waals surface area (Å²) in [4.78, 5) is 22.7. The van der Waals surface area contributed by atoms with Crippen LogP contribution in [0.3, 0.4) is 0 Å². The zero-order valence-electron chi connectivity index (χ0n) is 20.6. The third-order valence-corrected chi connectivity index (χ3v) is 5.58. The minimum Gasteiger partial charge on any atom is -0.481 e. The zero-order valence-corrected chi connectivity index (χ0v) is 20.6. The van der Waals surface area contributed by atoms with Crippen LogP contribution >= 0.6 is 0 Å². The molecule has 3 rings (SSSR count). The number of aromatic nitrogens is 2. The lowest BCUT2D eigenvalue weighted by Gasteiger charge is -2.24.